The molecule has 2 aromatic rings. The first-order valence-electron chi connectivity index (χ1n) is 5.16. The zero-order chi connectivity index (χ0) is 11.4. The van der Waals surface area contributed by atoms with E-state index in [4.69, 9.17) is 4.42 Å². The van der Waals surface area contributed by atoms with Crippen LogP contribution in [0.1, 0.15) is 12.5 Å². The van der Waals surface area contributed by atoms with E-state index in [1.165, 1.54) is 0 Å². The molecule has 0 aliphatic carbocycles. The number of nitrogens with one attached hydrogen (secondary N) is 1. The van der Waals surface area contributed by atoms with Crippen LogP contribution >= 0.6 is 15.9 Å². The number of nitrogens with zero attached hydrogens (tertiary/aromatic N) is 2. The van der Waals surface area contributed by atoms with Crippen molar-refractivity contribution in [3.8, 4) is 0 Å². The number of aromatic nitrogens is 2. The van der Waals surface area contributed by atoms with Crippen molar-refractivity contribution >= 4 is 15.9 Å². The average molecular weight is 284 g/mol. The first-order chi connectivity index (χ1) is 7.74. The van der Waals surface area contributed by atoms with Gasteiger partial charge in [0, 0.05) is 24.3 Å². The Morgan fingerprint density at radius 3 is 3.12 bits per heavy atom. The predicted molar refractivity (Wildman–Crippen MR) is 64.9 cm³/mol. The van der Waals surface area contributed by atoms with Crippen molar-refractivity contribution in [3.05, 3.63) is 41.0 Å². The van der Waals surface area contributed by atoms with Gasteiger partial charge in [-0.15, -0.1) is 0 Å². The topological polar surface area (TPSA) is 43.0 Å². The van der Waals surface area contributed by atoms with Crippen molar-refractivity contribution in [1.29, 1.82) is 0 Å². The molecular weight excluding hydrogens is 270 g/mol. The van der Waals surface area contributed by atoms with Gasteiger partial charge in [0.1, 0.15) is 0 Å². The summed E-state index contributed by atoms with van der Waals surface area (Å²) in [5.74, 6) is 0. The van der Waals surface area contributed by atoms with E-state index in [2.05, 4.69) is 33.3 Å². The van der Waals surface area contributed by atoms with Gasteiger partial charge in [-0.1, -0.05) is 0 Å². The highest BCUT2D eigenvalue weighted by Gasteiger charge is 2.04. The van der Waals surface area contributed by atoms with E-state index in [0.717, 1.165) is 23.1 Å². The molecule has 0 fully saturated rings. The highest BCUT2D eigenvalue weighted by Crippen LogP contribution is 2.07. The molecule has 1 N–H and O–H groups in total. The van der Waals surface area contributed by atoms with E-state index in [1.54, 1.807) is 18.7 Å². The molecule has 2 heterocycles. The molecule has 1 atom stereocenters. The zero-order valence-electron chi connectivity index (χ0n) is 9.06. The summed E-state index contributed by atoms with van der Waals surface area (Å²) in [6.45, 7) is 3.80. The van der Waals surface area contributed by atoms with Gasteiger partial charge >= 0.3 is 0 Å². The molecular formula is C11H14BrN3O. The van der Waals surface area contributed by atoms with E-state index in [1.807, 2.05) is 16.9 Å². The number of rotatable bonds is 5. The Kier molecular flexibility index (Phi) is 3.79. The van der Waals surface area contributed by atoms with Gasteiger partial charge in [0.2, 0.25) is 0 Å². The van der Waals surface area contributed by atoms with Crippen LogP contribution in [0.3, 0.4) is 0 Å². The summed E-state index contributed by atoms with van der Waals surface area (Å²) >= 11 is 3.38. The highest BCUT2D eigenvalue weighted by molar-refractivity contribution is 9.10. The van der Waals surface area contributed by atoms with Gasteiger partial charge in [-0.2, -0.15) is 5.10 Å². The second kappa shape index (κ2) is 5.32. The quantitative estimate of drug-likeness (QED) is 0.917. The number of hydrogen-bond donors (Lipinski definition) is 1. The van der Waals surface area contributed by atoms with Crippen molar-refractivity contribution < 1.29 is 4.42 Å². The van der Waals surface area contributed by atoms with E-state index >= 15 is 0 Å². The summed E-state index contributed by atoms with van der Waals surface area (Å²) in [5, 5.41) is 7.62. The third kappa shape index (κ3) is 3.21. The molecule has 5 heteroatoms. The molecule has 2 aromatic heterocycles. The maximum Gasteiger partial charge on any atom is 0.0947 e. The van der Waals surface area contributed by atoms with Crippen LogP contribution in [0.15, 0.2) is 39.9 Å². The fourth-order valence-electron chi connectivity index (χ4n) is 1.47. The minimum Gasteiger partial charge on any atom is -0.472 e. The monoisotopic (exact) mass is 283 g/mol. The number of furan rings is 1. The van der Waals surface area contributed by atoms with Crippen molar-refractivity contribution in [2.75, 3.05) is 0 Å². The molecule has 86 valence electrons. The lowest BCUT2D eigenvalue weighted by Crippen LogP contribution is -2.29. The fraction of sp³-hybridized carbons (Fsp3) is 0.364. The molecule has 4 nitrogen and oxygen atoms in total. The summed E-state index contributed by atoms with van der Waals surface area (Å²) in [6, 6.07) is 2.33. The molecule has 0 aliphatic rings. The van der Waals surface area contributed by atoms with Crippen LogP contribution in [-0.4, -0.2) is 15.8 Å². The maximum atomic E-state index is 5.00. The molecule has 1 unspecified atom stereocenters. The number of hydrogen-bond acceptors (Lipinski definition) is 3. The Morgan fingerprint density at radius 2 is 2.50 bits per heavy atom. The zero-order valence-corrected chi connectivity index (χ0v) is 10.6. The SMILES string of the molecule is CC(Cn1cc(Br)cn1)NCc1ccoc1. The van der Waals surface area contributed by atoms with Crippen molar-refractivity contribution in [1.82, 2.24) is 15.1 Å². The number of halogens is 1. The van der Waals surface area contributed by atoms with Crippen LogP contribution in [0, 0.1) is 0 Å². The first kappa shape index (κ1) is 11.4. The predicted octanol–water partition coefficient (Wildman–Crippen LogP) is 2.42. The fourth-order valence-corrected chi connectivity index (χ4v) is 1.80. The molecule has 0 saturated carbocycles. The van der Waals surface area contributed by atoms with E-state index < -0.39 is 0 Å². The van der Waals surface area contributed by atoms with Crippen LogP contribution in [0.25, 0.3) is 0 Å². The molecule has 0 spiro atoms. The van der Waals surface area contributed by atoms with Crippen LogP contribution in [-0.2, 0) is 13.1 Å². The smallest absolute Gasteiger partial charge is 0.0947 e. The van der Waals surface area contributed by atoms with Gasteiger partial charge in [-0.05, 0) is 28.9 Å². The molecule has 0 radical (unpaired) electrons. The Morgan fingerprint density at radius 1 is 1.62 bits per heavy atom. The third-order valence-corrected chi connectivity index (χ3v) is 2.71. The average Bonchev–Trinajstić information content (AvgIpc) is 2.87. The molecule has 0 aliphatic heterocycles. The lowest BCUT2D eigenvalue weighted by Gasteiger charge is -2.12. The van der Waals surface area contributed by atoms with Gasteiger partial charge in [-0.3, -0.25) is 4.68 Å². The Bertz CT molecular complexity index is 424. The minimum atomic E-state index is 0.363. The van der Waals surface area contributed by atoms with Gasteiger partial charge in [0.25, 0.3) is 0 Å². The van der Waals surface area contributed by atoms with Crippen LogP contribution < -0.4 is 5.32 Å². The van der Waals surface area contributed by atoms with E-state index in [0.29, 0.717) is 6.04 Å². The highest BCUT2D eigenvalue weighted by atomic mass is 79.9. The van der Waals surface area contributed by atoms with Gasteiger partial charge in [0.05, 0.1) is 29.7 Å². The van der Waals surface area contributed by atoms with Crippen molar-refractivity contribution in [2.24, 2.45) is 0 Å². The van der Waals surface area contributed by atoms with Crippen LogP contribution in [0.5, 0.6) is 0 Å². The second-order valence-corrected chi connectivity index (χ2v) is 4.71. The molecule has 2 rings (SSSR count). The summed E-state index contributed by atoms with van der Waals surface area (Å²) in [5.41, 5.74) is 1.16. The Labute approximate surface area is 103 Å². The standard InChI is InChI=1S/C11H14BrN3O/c1-9(6-15-7-11(12)5-14-15)13-4-10-2-3-16-8-10/h2-3,5,7-9,13H,4,6H2,1H3. The molecule has 0 amide bonds. The molecule has 16 heavy (non-hydrogen) atoms. The van der Waals surface area contributed by atoms with Crippen molar-refractivity contribution in [2.45, 2.75) is 26.1 Å². The van der Waals surface area contributed by atoms with E-state index in [9.17, 15) is 0 Å². The van der Waals surface area contributed by atoms with Gasteiger partial charge in [0.15, 0.2) is 0 Å². The third-order valence-electron chi connectivity index (χ3n) is 2.30. The summed E-state index contributed by atoms with van der Waals surface area (Å²) < 4.78 is 7.93. The lowest BCUT2D eigenvalue weighted by molar-refractivity contribution is 0.449. The summed E-state index contributed by atoms with van der Waals surface area (Å²) in [4.78, 5) is 0. The van der Waals surface area contributed by atoms with Crippen LogP contribution in [0.4, 0.5) is 0 Å². The van der Waals surface area contributed by atoms with Gasteiger partial charge in [-0.25, -0.2) is 0 Å². The second-order valence-electron chi connectivity index (χ2n) is 3.79. The lowest BCUT2D eigenvalue weighted by atomic mass is 10.3. The van der Waals surface area contributed by atoms with Crippen LogP contribution in [0.2, 0.25) is 0 Å². The largest absolute Gasteiger partial charge is 0.472 e. The van der Waals surface area contributed by atoms with E-state index in [-0.39, 0.29) is 0 Å². The Hall–Kier alpha value is -1.07. The first-order valence-corrected chi connectivity index (χ1v) is 5.96. The van der Waals surface area contributed by atoms with Crippen molar-refractivity contribution in [3.63, 3.8) is 0 Å². The summed E-state index contributed by atoms with van der Waals surface area (Å²) in [6.07, 6.45) is 7.20. The summed E-state index contributed by atoms with van der Waals surface area (Å²) in [7, 11) is 0. The minimum absolute atomic E-state index is 0.363. The normalized spacial score (nSPS) is 12.9. The molecule has 0 saturated heterocycles. The Balaban J connectivity index is 1.78. The molecule has 0 bridgehead atoms. The van der Waals surface area contributed by atoms with Gasteiger partial charge < -0.3 is 9.73 Å². The molecule has 0 aromatic carbocycles. The maximum absolute atomic E-state index is 5.00.